The van der Waals surface area contributed by atoms with E-state index in [4.69, 9.17) is 4.74 Å². The Labute approximate surface area is 196 Å². The molecule has 1 amide bonds. The van der Waals surface area contributed by atoms with E-state index >= 15 is 0 Å². The van der Waals surface area contributed by atoms with Gasteiger partial charge in [-0.25, -0.2) is 0 Å². The number of carbonyl (C=O) groups excluding carboxylic acids is 1. The fraction of sp³-hybridized carbons (Fsp3) is 0.731. The number of ether oxygens (including phenoxy) is 1. The summed E-state index contributed by atoms with van der Waals surface area (Å²) in [5.74, 6) is 0.808. The molecular formula is C26H38N2O5. The molecule has 1 saturated heterocycles. The maximum atomic E-state index is 13.5. The molecule has 6 rings (SSSR count). The number of nitrogens with zero attached hydrogens (tertiary/aromatic N) is 2. The first kappa shape index (κ1) is 22.9. The lowest BCUT2D eigenvalue weighted by Crippen LogP contribution is -2.72. The number of hydrogen-bond acceptors (Lipinski definition) is 6. The molecule has 3 saturated carbocycles. The zero-order valence-corrected chi connectivity index (χ0v) is 20.3. The van der Waals surface area contributed by atoms with Crippen LogP contribution < -0.4 is 4.74 Å². The minimum atomic E-state index is -1.38. The van der Waals surface area contributed by atoms with Gasteiger partial charge in [0, 0.05) is 18.7 Å². The molecule has 3 aliphatic carbocycles. The van der Waals surface area contributed by atoms with Crippen LogP contribution in [0.25, 0.3) is 0 Å². The van der Waals surface area contributed by atoms with Crippen LogP contribution in [0, 0.1) is 23.2 Å². The Hall–Kier alpha value is -1.83. The highest BCUT2D eigenvalue weighted by Gasteiger charge is 2.69. The second-order valence-electron chi connectivity index (χ2n) is 11.6. The smallest absolute Gasteiger partial charge is 0.261 e. The Morgan fingerprint density at radius 3 is 2.55 bits per heavy atom. The molecule has 0 unspecified atom stereocenters. The van der Waals surface area contributed by atoms with E-state index in [9.17, 15) is 20.1 Å². The molecule has 2 heterocycles. The first-order chi connectivity index (χ1) is 15.5. The van der Waals surface area contributed by atoms with Gasteiger partial charge in [0.1, 0.15) is 34.9 Å². The molecule has 1 aromatic carbocycles. The number of fused-ring (bicyclic) bond motifs is 1. The topological polar surface area (TPSA) is 93.5 Å². The van der Waals surface area contributed by atoms with Gasteiger partial charge in [0.2, 0.25) is 0 Å². The minimum Gasteiger partial charge on any atom is -0.507 e. The van der Waals surface area contributed by atoms with Crippen molar-refractivity contribution in [2.24, 2.45) is 23.2 Å². The van der Waals surface area contributed by atoms with Gasteiger partial charge in [-0.2, -0.15) is 0 Å². The third-order valence-corrected chi connectivity index (χ3v) is 9.30. The summed E-state index contributed by atoms with van der Waals surface area (Å²) in [6, 6.07) is 3.04. The normalized spacial score (nSPS) is 34.8. The van der Waals surface area contributed by atoms with E-state index in [1.807, 2.05) is 0 Å². The highest BCUT2D eigenvalue weighted by atomic mass is 16.5. The number of piperidine rings is 1. The number of phenols is 1. The number of phenolic OH excluding ortho intramolecular Hbond substituents is 1. The molecule has 7 nitrogen and oxygen atoms in total. The van der Waals surface area contributed by atoms with E-state index in [1.54, 1.807) is 11.0 Å². The van der Waals surface area contributed by atoms with Crippen molar-refractivity contribution in [1.82, 2.24) is 9.80 Å². The molecule has 182 valence electrons. The third kappa shape index (κ3) is 3.38. The average Bonchev–Trinajstić information content (AvgIpc) is 2.77. The fourth-order valence-electron chi connectivity index (χ4n) is 6.93. The van der Waals surface area contributed by atoms with Gasteiger partial charge < -0.3 is 29.9 Å². The zero-order valence-electron chi connectivity index (χ0n) is 20.3. The SMILES string of the molecule is CN(C)CCC1CCN(C(=O)c2c(O)ccc3c2O[C@@H]2C[C@H]4C[C@H](C4(C)C)[C@]2(O)[C@H]3O)CC1. The Bertz CT molecular complexity index is 939. The maximum absolute atomic E-state index is 13.5. The summed E-state index contributed by atoms with van der Waals surface area (Å²) in [5, 5.41) is 33.7. The summed E-state index contributed by atoms with van der Waals surface area (Å²) >= 11 is 0. The predicted octanol–water partition coefficient (Wildman–Crippen LogP) is 2.79. The number of aliphatic hydroxyl groups excluding tert-OH is 1. The summed E-state index contributed by atoms with van der Waals surface area (Å²) in [4.78, 5) is 17.5. The summed E-state index contributed by atoms with van der Waals surface area (Å²) in [5.41, 5.74) is -0.914. The lowest BCUT2D eigenvalue weighted by atomic mass is 9.42. The van der Waals surface area contributed by atoms with Crippen LogP contribution in [0.3, 0.4) is 0 Å². The number of benzene rings is 1. The monoisotopic (exact) mass is 458 g/mol. The molecule has 2 bridgehead atoms. The van der Waals surface area contributed by atoms with Gasteiger partial charge in [0.25, 0.3) is 5.91 Å². The summed E-state index contributed by atoms with van der Waals surface area (Å²) in [6.07, 6.45) is 2.79. The highest BCUT2D eigenvalue weighted by Crippen LogP contribution is 2.67. The van der Waals surface area contributed by atoms with Gasteiger partial charge in [0.05, 0.1) is 0 Å². The molecule has 0 radical (unpaired) electrons. The number of likely N-dealkylation sites (tertiary alicyclic amines) is 1. The van der Waals surface area contributed by atoms with Crippen molar-refractivity contribution in [3.05, 3.63) is 23.3 Å². The Morgan fingerprint density at radius 1 is 1.21 bits per heavy atom. The van der Waals surface area contributed by atoms with E-state index in [0.717, 1.165) is 32.2 Å². The van der Waals surface area contributed by atoms with Crippen molar-refractivity contribution < 1.29 is 24.9 Å². The van der Waals surface area contributed by atoms with Gasteiger partial charge in [-0.05, 0) is 88.0 Å². The van der Waals surface area contributed by atoms with Crippen LogP contribution in [0.4, 0.5) is 0 Å². The molecular weight excluding hydrogens is 420 g/mol. The Morgan fingerprint density at radius 2 is 1.91 bits per heavy atom. The van der Waals surface area contributed by atoms with Gasteiger partial charge >= 0.3 is 0 Å². The number of carbonyl (C=O) groups is 1. The van der Waals surface area contributed by atoms with E-state index in [-0.39, 0.29) is 34.3 Å². The molecule has 33 heavy (non-hydrogen) atoms. The zero-order chi connectivity index (χ0) is 23.7. The second-order valence-corrected chi connectivity index (χ2v) is 11.6. The summed E-state index contributed by atoms with van der Waals surface area (Å²) in [6.45, 7) is 6.63. The third-order valence-electron chi connectivity index (χ3n) is 9.30. The molecule has 5 aliphatic rings. The first-order valence-corrected chi connectivity index (χ1v) is 12.4. The molecule has 0 spiro atoms. The number of rotatable bonds is 4. The summed E-state index contributed by atoms with van der Waals surface area (Å²) < 4.78 is 6.29. The van der Waals surface area contributed by atoms with Gasteiger partial charge in [0.15, 0.2) is 0 Å². The van der Waals surface area contributed by atoms with Crippen molar-refractivity contribution >= 4 is 5.91 Å². The van der Waals surface area contributed by atoms with Crippen molar-refractivity contribution in [2.75, 3.05) is 33.7 Å². The summed E-state index contributed by atoms with van der Waals surface area (Å²) in [7, 11) is 4.15. The van der Waals surface area contributed by atoms with Crippen LogP contribution >= 0.6 is 0 Å². The van der Waals surface area contributed by atoms with Crippen LogP contribution in [0.15, 0.2) is 12.1 Å². The predicted molar refractivity (Wildman–Crippen MR) is 124 cm³/mol. The lowest BCUT2D eigenvalue weighted by molar-refractivity contribution is -0.289. The molecule has 2 aliphatic heterocycles. The Balaban J connectivity index is 1.40. The van der Waals surface area contributed by atoms with Crippen molar-refractivity contribution in [2.45, 2.75) is 63.8 Å². The number of aliphatic hydroxyl groups is 2. The lowest BCUT2D eigenvalue weighted by Gasteiger charge is -2.67. The largest absolute Gasteiger partial charge is 0.507 e. The molecule has 3 N–H and O–H groups in total. The van der Waals surface area contributed by atoms with Crippen molar-refractivity contribution in [1.29, 1.82) is 0 Å². The molecule has 0 aromatic heterocycles. The quantitative estimate of drug-likeness (QED) is 0.643. The fourth-order valence-corrected chi connectivity index (χ4v) is 6.93. The second kappa shape index (κ2) is 7.85. The van der Waals surface area contributed by atoms with E-state index < -0.39 is 17.8 Å². The van der Waals surface area contributed by atoms with Crippen LogP contribution in [0.1, 0.15) is 68.0 Å². The maximum Gasteiger partial charge on any atom is 0.261 e. The van der Waals surface area contributed by atoms with E-state index in [2.05, 4.69) is 32.8 Å². The van der Waals surface area contributed by atoms with Crippen LogP contribution in [0.5, 0.6) is 11.5 Å². The number of hydrogen-bond donors (Lipinski definition) is 3. The Kier molecular flexibility index (Phi) is 5.46. The minimum absolute atomic E-state index is 0.0560. The van der Waals surface area contributed by atoms with E-state index in [1.165, 1.54) is 6.07 Å². The van der Waals surface area contributed by atoms with Gasteiger partial charge in [-0.1, -0.05) is 13.8 Å². The standard InChI is InChI=1S/C26H38N2O5/c1-25(2)16-13-19(25)26(32)20(14-16)33-22-17(23(26)30)5-6-18(29)21(22)24(31)28-11-8-15(9-12-28)7-10-27(3)4/h5-6,15-16,19-20,23,29-30,32H,7-14H2,1-4H3/t16-,19-,20-,23+,26-/m1/s1. The van der Waals surface area contributed by atoms with Crippen molar-refractivity contribution in [3.63, 3.8) is 0 Å². The highest BCUT2D eigenvalue weighted by molar-refractivity contribution is 6.00. The van der Waals surface area contributed by atoms with Gasteiger partial charge in [-0.3, -0.25) is 4.79 Å². The molecule has 5 atom stereocenters. The molecule has 1 aromatic rings. The first-order valence-electron chi connectivity index (χ1n) is 12.4. The number of amides is 1. The van der Waals surface area contributed by atoms with Gasteiger partial charge in [-0.15, -0.1) is 0 Å². The van der Waals surface area contributed by atoms with E-state index in [0.29, 0.717) is 36.9 Å². The number of aromatic hydroxyl groups is 1. The average molecular weight is 459 g/mol. The molecule has 7 heteroatoms. The van der Waals surface area contributed by atoms with Crippen LogP contribution in [-0.2, 0) is 0 Å². The van der Waals surface area contributed by atoms with Crippen molar-refractivity contribution in [3.8, 4) is 11.5 Å². The van der Waals surface area contributed by atoms with Crippen LogP contribution in [0.2, 0.25) is 0 Å². The van der Waals surface area contributed by atoms with Crippen LogP contribution in [-0.4, -0.2) is 76.5 Å². The molecule has 4 fully saturated rings.